The molecule has 1 fully saturated rings. The van der Waals surface area contributed by atoms with E-state index in [1.807, 2.05) is 19.1 Å². The Morgan fingerprint density at radius 2 is 2.70 bits per heavy atom. The van der Waals surface area contributed by atoms with Crippen LogP contribution in [0.25, 0.3) is 0 Å². The Labute approximate surface area is 60.1 Å². The molecule has 1 saturated heterocycles. The van der Waals surface area contributed by atoms with Gasteiger partial charge in [0.25, 0.3) is 0 Å². The number of hydrogen-bond acceptors (Lipinski definition) is 2. The van der Waals surface area contributed by atoms with E-state index in [1.165, 1.54) is 0 Å². The van der Waals surface area contributed by atoms with Crippen LogP contribution in [-0.4, -0.2) is 18.7 Å². The van der Waals surface area contributed by atoms with E-state index in [2.05, 4.69) is 5.32 Å². The van der Waals surface area contributed by atoms with Crippen LogP contribution in [0.3, 0.4) is 0 Å². The van der Waals surface area contributed by atoms with Crippen molar-refractivity contribution in [3.63, 3.8) is 0 Å². The van der Waals surface area contributed by atoms with Gasteiger partial charge in [-0.3, -0.25) is 0 Å². The number of amides is 1. The summed E-state index contributed by atoms with van der Waals surface area (Å²) in [6.45, 7) is 2.65. The van der Waals surface area contributed by atoms with E-state index < -0.39 is 0 Å². The van der Waals surface area contributed by atoms with Crippen molar-refractivity contribution in [2.75, 3.05) is 6.54 Å². The monoisotopic (exact) mass is 141 g/mol. The summed E-state index contributed by atoms with van der Waals surface area (Å²) in [5.74, 6) is 0. The fraction of sp³-hybridized carbons (Fsp3) is 0.571. The summed E-state index contributed by atoms with van der Waals surface area (Å²) < 4.78 is 4.83. The summed E-state index contributed by atoms with van der Waals surface area (Å²) in [4.78, 5) is 10.4. The second kappa shape index (κ2) is 3.25. The standard InChI is InChI=1S/C7H11NO2/c1-2-3-4-6-5-8-7(9)10-6/h3-4,6H,2,5H2,1H3,(H,8,9)/b4-3-. The highest BCUT2D eigenvalue weighted by Gasteiger charge is 2.18. The second-order valence-corrected chi connectivity index (χ2v) is 2.16. The first kappa shape index (κ1) is 7.12. The summed E-state index contributed by atoms with van der Waals surface area (Å²) >= 11 is 0. The summed E-state index contributed by atoms with van der Waals surface area (Å²) in [6, 6.07) is 0. The number of cyclic esters (lactones) is 1. The topological polar surface area (TPSA) is 38.3 Å². The first-order valence-electron chi connectivity index (χ1n) is 3.44. The van der Waals surface area contributed by atoms with Crippen LogP contribution in [0.5, 0.6) is 0 Å². The minimum Gasteiger partial charge on any atom is -0.440 e. The zero-order valence-electron chi connectivity index (χ0n) is 5.96. The third kappa shape index (κ3) is 1.76. The SMILES string of the molecule is CC/C=C\C1CNC(=O)O1. The molecule has 1 unspecified atom stereocenters. The molecule has 0 saturated carbocycles. The Hall–Kier alpha value is -0.990. The van der Waals surface area contributed by atoms with Crippen molar-refractivity contribution in [2.45, 2.75) is 19.4 Å². The lowest BCUT2D eigenvalue weighted by Crippen LogP contribution is -2.13. The van der Waals surface area contributed by atoms with Gasteiger partial charge in [0.05, 0.1) is 6.54 Å². The minimum absolute atomic E-state index is 0.0487. The van der Waals surface area contributed by atoms with Gasteiger partial charge < -0.3 is 10.1 Å². The summed E-state index contributed by atoms with van der Waals surface area (Å²) in [6.07, 6.45) is 4.51. The van der Waals surface area contributed by atoms with E-state index in [4.69, 9.17) is 4.74 Å². The molecule has 56 valence electrons. The Morgan fingerprint density at radius 1 is 1.90 bits per heavy atom. The maximum absolute atomic E-state index is 10.4. The van der Waals surface area contributed by atoms with Gasteiger partial charge in [-0.1, -0.05) is 13.0 Å². The highest BCUT2D eigenvalue weighted by molar-refractivity contribution is 5.69. The Bertz CT molecular complexity index is 154. The second-order valence-electron chi connectivity index (χ2n) is 2.16. The molecule has 1 heterocycles. The molecular formula is C7H11NO2. The quantitative estimate of drug-likeness (QED) is 0.584. The van der Waals surface area contributed by atoms with Crippen LogP contribution < -0.4 is 5.32 Å². The average Bonchev–Trinajstić information content (AvgIpc) is 2.31. The molecule has 0 bridgehead atoms. The molecule has 1 N–H and O–H groups in total. The highest BCUT2D eigenvalue weighted by Crippen LogP contribution is 2.01. The van der Waals surface area contributed by atoms with Gasteiger partial charge in [-0.15, -0.1) is 0 Å². The van der Waals surface area contributed by atoms with Gasteiger partial charge in [0.1, 0.15) is 6.10 Å². The van der Waals surface area contributed by atoms with E-state index in [1.54, 1.807) is 0 Å². The Balaban J connectivity index is 2.31. The number of alkyl carbamates (subject to hydrolysis) is 1. The lowest BCUT2D eigenvalue weighted by atomic mass is 10.3. The predicted molar refractivity (Wildman–Crippen MR) is 37.7 cm³/mol. The van der Waals surface area contributed by atoms with Gasteiger partial charge in [-0.25, -0.2) is 4.79 Å². The van der Waals surface area contributed by atoms with Crippen LogP contribution in [0.2, 0.25) is 0 Å². The molecule has 1 aliphatic rings. The molecule has 0 aromatic carbocycles. The molecule has 0 aromatic heterocycles. The van der Waals surface area contributed by atoms with Crippen molar-refractivity contribution in [3.8, 4) is 0 Å². The largest absolute Gasteiger partial charge is 0.440 e. The fourth-order valence-electron chi connectivity index (χ4n) is 0.800. The van der Waals surface area contributed by atoms with Crippen LogP contribution >= 0.6 is 0 Å². The molecule has 10 heavy (non-hydrogen) atoms. The van der Waals surface area contributed by atoms with Crippen LogP contribution in [0, 0.1) is 0 Å². The first-order valence-corrected chi connectivity index (χ1v) is 3.44. The normalized spacial score (nSPS) is 24.9. The molecule has 0 spiro atoms. The molecule has 1 atom stereocenters. The number of hydrogen-bond donors (Lipinski definition) is 1. The number of allylic oxidation sites excluding steroid dienone is 1. The zero-order chi connectivity index (χ0) is 7.40. The molecule has 3 nitrogen and oxygen atoms in total. The van der Waals surface area contributed by atoms with E-state index >= 15 is 0 Å². The molecule has 1 amide bonds. The third-order valence-electron chi connectivity index (χ3n) is 1.29. The van der Waals surface area contributed by atoms with E-state index in [0.29, 0.717) is 6.54 Å². The molecule has 1 aliphatic heterocycles. The highest BCUT2D eigenvalue weighted by atomic mass is 16.6. The first-order chi connectivity index (χ1) is 4.83. The lowest BCUT2D eigenvalue weighted by Gasteiger charge is -1.97. The van der Waals surface area contributed by atoms with E-state index in [-0.39, 0.29) is 12.2 Å². The zero-order valence-corrected chi connectivity index (χ0v) is 5.96. The summed E-state index contributed by atoms with van der Waals surface area (Å²) in [5.41, 5.74) is 0. The van der Waals surface area contributed by atoms with E-state index in [0.717, 1.165) is 6.42 Å². The van der Waals surface area contributed by atoms with Crippen LogP contribution in [0.1, 0.15) is 13.3 Å². The van der Waals surface area contributed by atoms with Gasteiger partial charge >= 0.3 is 6.09 Å². The fourth-order valence-corrected chi connectivity index (χ4v) is 0.800. The lowest BCUT2D eigenvalue weighted by molar-refractivity contribution is 0.158. The van der Waals surface area contributed by atoms with Crippen LogP contribution in [-0.2, 0) is 4.74 Å². The van der Waals surface area contributed by atoms with Gasteiger partial charge in [0, 0.05) is 0 Å². The van der Waals surface area contributed by atoms with Gasteiger partial charge in [-0.05, 0) is 12.5 Å². The molecule has 0 aromatic rings. The molecule has 0 radical (unpaired) electrons. The van der Waals surface area contributed by atoms with Gasteiger partial charge in [0.2, 0.25) is 0 Å². The van der Waals surface area contributed by atoms with Crippen molar-refractivity contribution >= 4 is 6.09 Å². The van der Waals surface area contributed by atoms with Gasteiger partial charge in [0.15, 0.2) is 0 Å². The van der Waals surface area contributed by atoms with Crippen molar-refractivity contribution in [2.24, 2.45) is 0 Å². The van der Waals surface area contributed by atoms with Crippen LogP contribution in [0.4, 0.5) is 4.79 Å². The number of ether oxygens (including phenoxy) is 1. The van der Waals surface area contributed by atoms with E-state index in [9.17, 15) is 4.79 Å². The van der Waals surface area contributed by atoms with Crippen molar-refractivity contribution in [1.82, 2.24) is 5.32 Å². The minimum atomic E-state index is -0.314. The number of carbonyl (C=O) groups excluding carboxylic acids is 1. The maximum Gasteiger partial charge on any atom is 0.407 e. The number of carbonyl (C=O) groups is 1. The smallest absolute Gasteiger partial charge is 0.407 e. The Morgan fingerprint density at radius 3 is 3.20 bits per heavy atom. The number of rotatable bonds is 2. The maximum atomic E-state index is 10.4. The molecular weight excluding hydrogens is 130 g/mol. The number of nitrogens with one attached hydrogen (secondary N) is 1. The van der Waals surface area contributed by atoms with Crippen LogP contribution in [0.15, 0.2) is 12.2 Å². The molecule has 0 aliphatic carbocycles. The van der Waals surface area contributed by atoms with Crippen molar-refractivity contribution in [1.29, 1.82) is 0 Å². The van der Waals surface area contributed by atoms with Gasteiger partial charge in [-0.2, -0.15) is 0 Å². The molecule has 3 heteroatoms. The molecule has 1 rings (SSSR count). The Kier molecular flexibility index (Phi) is 2.31. The average molecular weight is 141 g/mol. The summed E-state index contributed by atoms with van der Waals surface area (Å²) in [5, 5.41) is 2.57. The van der Waals surface area contributed by atoms with Crippen molar-refractivity contribution < 1.29 is 9.53 Å². The predicted octanol–water partition coefficient (Wildman–Crippen LogP) is 1.06. The van der Waals surface area contributed by atoms with Crippen molar-refractivity contribution in [3.05, 3.63) is 12.2 Å². The third-order valence-corrected chi connectivity index (χ3v) is 1.29. The summed E-state index contributed by atoms with van der Waals surface area (Å²) in [7, 11) is 0.